The smallest absolute Gasteiger partial charge is 0.260 e. The summed E-state index contributed by atoms with van der Waals surface area (Å²) in [5.74, 6) is 1.33. The number of benzene rings is 2. The molecule has 8 nitrogen and oxygen atoms in total. The van der Waals surface area contributed by atoms with Crippen molar-refractivity contribution in [1.82, 2.24) is 14.0 Å². The van der Waals surface area contributed by atoms with Crippen molar-refractivity contribution in [3.05, 3.63) is 63.9 Å². The SMILES string of the molecule is COc1cccc([C@@H]2CC(=O)Nc3c2c(=O)n(C)c2nc4ccccc4n32)c1OC. The van der Waals surface area contributed by atoms with Gasteiger partial charge in [0.2, 0.25) is 11.7 Å². The van der Waals surface area contributed by atoms with Gasteiger partial charge in [-0.05, 0) is 18.2 Å². The lowest BCUT2D eigenvalue weighted by Gasteiger charge is -2.28. The first-order valence-electron chi connectivity index (χ1n) is 9.56. The lowest BCUT2D eigenvalue weighted by molar-refractivity contribution is -0.116. The van der Waals surface area contributed by atoms with Gasteiger partial charge in [-0.15, -0.1) is 0 Å². The number of anilines is 1. The third-order valence-corrected chi connectivity index (χ3v) is 5.66. The molecule has 2 aromatic carbocycles. The minimum absolute atomic E-state index is 0.129. The molecule has 1 atom stereocenters. The van der Waals surface area contributed by atoms with E-state index in [-0.39, 0.29) is 17.9 Å². The van der Waals surface area contributed by atoms with E-state index in [9.17, 15) is 9.59 Å². The van der Waals surface area contributed by atoms with Gasteiger partial charge in [0, 0.05) is 24.9 Å². The van der Waals surface area contributed by atoms with Gasteiger partial charge in [0.15, 0.2) is 11.5 Å². The molecule has 0 spiro atoms. The predicted molar refractivity (Wildman–Crippen MR) is 113 cm³/mol. The number of hydrogen-bond donors (Lipinski definition) is 1. The van der Waals surface area contributed by atoms with Crippen molar-refractivity contribution in [3.63, 3.8) is 0 Å². The summed E-state index contributed by atoms with van der Waals surface area (Å²) in [6.45, 7) is 0. The zero-order valence-corrected chi connectivity index (χ0v) is 16.8. The third kappa shape index (κ3) is 2.43. The Morgan fingerprint density at radius 1 is 1.07 bits per heavy atom. The van der Waals surface area contributed by atoms with E-state index in [0.29, 0.717) is 28.7 Å². The van der Waals surface area contributed by atoms with Crippen LogP contribution in [0, 0.1) is 0 Å². The number of fused-ring (bicyclic) bond motifs is 5. The maximum absolute atomic E-state index is 13.4. The van der Waals surface area contributed by atoms with Crippen LogP contribution in [-0.4, -0.2) is 34.1 Å². The fourth-order valence-corrected chi connectivity index (χ4v) is 4.31. The van der Waals surface area contributed by atoms with E-state index in [2.05, 4.69) is 10.3 Å². The first-order valence-corrected chi connectivity index (χ1v) is 9.56. The number of amides is 1. The Labute approximate surface area is 171 Å². The highest BCUT2D eigenvalue weighted by Crippen LogP contribution is 2.43. The normalized spacial score (nSPS) is 15.8. The van der Waals surface area contributed by atoms with E-state index in [0.717, 1.165) is 16.6 Å². The Kier molecular flexibility index (Phi) is 4.02. The van der Waals surface area contributed by atoms with Crippen LogP contribution in [0.2, 0.25) is 0 Å². The van der Waals surface area contributed by atoms with E-state index in [4.69, 9.17) is 9.47 Å². The molecule has 1 amide bonds. The van der Waals surface area contributed by atoms with Gasteiger partial charge in [-0.1, -0.05) is 24.3 Å². The van der Waals surface area contributed by atoms with Gasteiger partial charge < -0.3 is 14.8 Å². The first kappa shape index (κ1) is 18.2. The molecule has 0 fully saturated rings. The second-order valence-electron chi connectivity index (χ2n) is 7.25. The van der Waals surface area contributed by atoms with Crippen LogP contribution in [0.3, 0.4) is 0 Å². The Balaban J connectivity index is 1.89. The van der Waals surface area contributed by atoms with Crippen LogP contribution in [0.1, 0.15) is 23.5 Å². The zero-order valence-electron chi connectivity index (χ0n) is 16.8. The molecule has 0 saturated carbocycles. The highest BCUT2D eigenvalue weighted by Gasteiger charge is 2.35. The topological polar surface area (TPSA) is 86.9 Å². The molecular formula is C22H20N4O4. The van der Waals surface area contributed by atoms with Crippen LogP contribution >= 0.6 is 0 Å². The molecule has 3 heterocycles. The van der Waals surface area contributed by atoms with Gasteiger partial charge in [0.1, 0.15) is 5.82 Å². The van der Waals surface area contributed by atoms with E-state index >= 15 is 0 Å². The van der Waals surface area contributed by atoms with Gasteiger partial charge in [-0.3, -0.25) is 18.6 Å². The van der Waals surface area contributed by atoms with Crippen molar-refractivity contribution in [2.75, 3.05) is 19.5 Å². The number of hydrogen-bond acceptors (Lipinski definition) is 5. The molecule has 2 aromatic heterocycles. The van der Waals surface area contributed by atoms with Crippen molar-refractivity contribution in [1.29, 1.82) is 0 Å². The van der Waals surface area contributed by atoms with Crippen LogP contribution in [0.5, 0.6) is 11.5 Å². The first-order chi connectivity index (χ1) is 14.5. The van der Waals surface area contributed by atoms with Crippen molar-refractivity contribution >= 4 is 28.5 Å². The molecule has 0 saturated heterocycles. The zero-order chi connectivity index (χ0) is 21.0. The van der Waals surface area contributed by atoms with Crippen LogP contribution < -0.4 is 20.3 Å². The van der Waals surface area contributed by atoms with Crippen molar-refractivity contribution in [2.45, 2.75) is 12.3 Å². The van der Waals surface area contributed by atoms with Crippen molar-refractivity contribution in [3.8, 4) is 11.5 Å². The molecule has 1 aliphatic rings. The molecule has 30 heavy (non-hydrogen) atoms. The Hall–Kier alpha value is -3.81. The quantitative estimate of drug-likeness (QED) is 0.567. The van der Waals surface area contributed by atoms with Crippen molar-refractivity contribution in [2.24, 2.45) is 7.05 Å². The maximum Gasteiger partial charge on any atom is 0.260 e. The number of ether oxygens (including phenoxy) is 2. The number of aryl methyl sites for hydroxylation is 1. The van der Waals surface area contributed by atoms with Crippen LogP contribution in [0.15, 0.2) is 47.3 Å². The molecule has 1 N–H and O–H groups in total. The summed E-state index contributed by atoms with van der Waals surface area (Å²) in [7, 11) is 4.80. The summed E-state index contributed by atoms with van der Waals surface area (Å²) in [5, 5.41) is 2.91. The Morgan fingerprint density at radius 3 is 2.63 bits per heavy atom. The summed E-state index contributed by atoms with van der Waals surface area (Å²) in [6.07, 6.45) is 0.129. The lowest BCUT2D eigenvalue weighted by Crippen LogP contribution is -2.35. The molecular weight excluding hydrogens is 384 g/mol. The van der Waals surface area contributed by atoms with E-state index in [1.807, 2.05) is 40.8 Å². The molecule has 0 bridgehead atoms. The highest BCUT2D eigenvalue weighted by molar-refractivity contribution is 5.96. The number of carbonyl (C=O) groups is 1. The number of nitrogens with zero attached hydrogens (tertiary/aromatic N) is 3. The molecule has 8 heteroatoms. The Morgan fingerprint density at radius 2 is 1.87 bits per heavy atom. The second kappa shape index (κ2) is 6.62. The highest BCUT2D eigenvalue weighted by atomic mass is 16.5. The van der Waals surface area contributed by atoms with Gasteiger partial charge in [-0.2, -0.15) is 0 Å². The van der Waals surface area contributed by atoms with E-state index in [1.54, 1.807) is 27.3 Å². The van der Waals surface area contributed by atoms with Crippen LogP contribution in [-0.2, 0) is 11.8 Å². The molecule has 1 aliphatic heterocycles. The summed E-state index contributed by atoms with van der Waals surface area (Å²) in [5.41, 5.74) is 2.59. The van der Waals surface area contributed by atoms with Crippen molar-refractivity contribution < 1.29 is 14.3 Å². The minimum Gasteiger partial charge on any atom is -0.493 e. The molecule has 0 radical (unpaired) electrons. The predicted octanol–water partition coefficient (Wildman–Crippen LogP) is 2.68. The average Bonchev–Trinajstić information content (AvgIpc) is 3.16. The fourth-order valence-electron chi connectivity index (χ4n) is 4.31. The number of para-hydroxylation sites is 3. The van der Waals surface area contributed by atoms with Gasteiger partial charge in [0.25, 0.3) is 5.56 Å². The van der Waals surface area contributed by atoms with E-state index in [1.165, 1.54) is 4.57 Å². The average molecular weight is 404 g/mol. The summed E-state index contributed by atoms with van der Waals surface area (Å²) >= 11 is 0. The number of methoxy groups -OCH3 is 2. The second-order valence-corrected chi connectivity index (χ2v) is 7.25. The largest absolute Gasteiger partial charge is 0.493 e. The Bertz CT molecular complexity index is 1390. The lowest BCUT2D eigenvalue weighted by atomic mass is 9.86. The number of rotatable bonds is 3. The number of carbonyl (C=O) groups excluding carboxylic acids is 1. The maximum atomic E-state index is 13.4. The molecule has 0 aliphatic carbocycles. The standard InChI is InChI=1S/C22H20N4O4/c1-25-21(28)18-13(12-7-6-10-16(29-2)19(12)30-3)11-17(27)24-20(18)26-15-9-5-4-8-14(15)23-22(25)26/h4-10,13H,11H2,1-3H3,(H,24,27)/t13-/m0/s1. The fraction of sp³-hybridized carbons (Fsp3) is 0.227. The third-order valence-electron chi connectivity index (χ3n) is 5.66. The van der Waals surface area contributed by atoms with Gasteiger partial charge in [-0.25, -0.2) is 4.98 Å². The summed E-state index contributed by atoms with van der Waals surface area (Å²) in [4.78, 5) is 30.8. The number of aromatic nitrogens is 3. The molecule has 152 valence electrons. The number of imidazole rings is 1. The van der Waals surface area contributed by atoms with E-state index < -0.39 is 5.92 Å². The van der Waals surface area contributed by atoms with Gasteiger partial charge >= 0.3 is 0 Å². The van der Waals surface area contributed by atoms with Crippen LogP contribution in [0.25, 0.3) is 16.8 Å². The number of nitrogens with one attached hydrogen (secondary N) is 1. The van der Waals surface area contributed by atoms with Crippen LogP contribution in [0.4, 0.5) is 5.82 Å². The molecule has 0 unspecified atom stereocenters. The van der Waals surface area contributed by atoms with Gasteiger partial charge in [0.05, 0.1) is 30.8 Å². The molecule has 5 rings (SSSR count). The molecule has 4 aromatic rings. The monoisotopic (exact) mass is 404 g/mol. The summed E-state index contributed by atoms with van der Waals surface area (Å²) in [6, 6.07) is 13.1. The minimum atomic E-state index is -0.483. The summed E-state index contributed by atoms with van der Waals surface area (Å²) < 4.78 is 14.4.